The Bertz CT molecular complexity index is 2050. The Kier molecular flexibility index (Phi) is 12.9. The summed E-state index contributed by atoms with van der Waals surface area (Å²) in [7, 11) is 0. The Labute approximate surface area is 309 Å². The SMILES string of the molecule is C[C@@H](NCCCc1cccc(C(F)(F)F)c1)c1cccc2ccccc12.Cc1ccc(C(=O)[C@](O)(C(=O)[O-])[C@@](O)(C(=O)[O-])C(=O)c2ccc(C)cc2)cc1. The molecule has 0 aliphatic heterocycles. The second kappa shape index (κ2) is 17.0. The molecule has 0 amide bonds. The molecule has 0 aliphatic carbocycles. The zero-order valence-corrected chi connectivity index (χ0v) is 29.6. The number of aliphatic carboxylic acids is 2. The Morgan fingerprint density at radius 2 is 1.17 bits per heavy atom. The second-order valence-electron chi connectivity index (χ2n) is 12.9. The number of aryl methyl sites for hydroxylation is 3. The highest BCUT2D eigenvalue weighted by Crippen LogP contribution is 2.32. The maximum atomic E-state index is 12.8. The molecule has 282 valence electrons. The van der Waals surface area contributed by atoms with Crippen LogP contribution in [0.5, 0.6) is 0 Å². The monoisotopic (exact) mass is 741 g/mol. The molecule has 3 atom stereocenters. The molecule has 0 heterocycles. The molecule has 0 aliphatic rings. The molecule has 9 nitrogen and oxygen atoms in total. The quantitative estimate of drug-likeness (QED) is 0.0897. The van der Waals surface area contributed by atoms with Crippen molar-refractivity contribution in [3.63, 3.8) is 0 Å². The summed E-state index contributed by atoms with van der Waals surface area (Å²) in [4.78, 5) is 48.7. The number of halogens is 3. The van der Waals surface area contributed by atoms with E-state index in [2.05, 4.69) is 42.6 Å². The Balaban J connectivity index is 0.000000241. The molecule has 0 aromatic heterocycles. The fourth-order valence-electron chi connectivity index (χ4n) is 5.89. The molecular formula is C42H38F3NO8-2. The molecule has 0 fully saturated rings. The first-order chi connectivity index (χ1) is 25.4. The third-order valence-corrected chi connectivity index (χ3v) is 9.04. The fourth-order valence-corrected chi connectivity index (χ4v) is 5.89. The average molecular weight is 742 g/mol. The maximum Gasteiger partial charge on any atom is 0.416 e. The van der Waals surface area contributed by atoms with Crippen LogP contribution in [0.1, 0.15) is 67.9 Å². The van der Waals surface area contributed by atoms with Crippen molar-refractivity contribution < 1.29 is 52.8 Å². The summed E-state index contributed by atoms with van der Waals surface area (Å²) in [6.07, 6.45) is -2.87. The van der Waals surface area contributed by atoms with Crippen molar-refractivity contribution >= 4 is 34.3 Å². The van der Waals surface area contributed by atoms with E-state index in [0.29, 0.717) is 17.5 Å². The van der Waals surface area contributed by atoms with Crippen molar-refractivity contribution in [3.8, 4) is 0 Å². The minimum atomic E-state index is -4.28. The Morgan fingerprint density at radius 1 is 0.685 bits per heavy atom. The Morgan fingerprint density at radius 3 is 1.67 bits per heavy atom. The van der Waals surface area contributed by atoms with E-state index >= 15 is 0 Å². The van der Waals surface area contributed by atoms with E-state index in [1.165, 1.54) is 52.7 Å². The van der Waals surface area contributed by atoms with Crippen LogP contribution in [0.25, 0.3) is 10.8 Å². The van der Waals surface area contributed by atoms with Crippen LogP contribution in [0.4, 0.5) is 13.2 Å². The van der Waals surface area contributed by atoms with E-state index < -0.39 is 57.6 Å². The summed E-state index contributed by atoms with van der Waals surface area (Å²) in [5.74, 6) is -8.80. The van der Waals surface area contributed by atoms with Gasteiger partial charge in [0.2, 0.25) is 22.8 Å². The van der Waals surface area contributed by atoms with E-state index in [1.807, 2.05) is 12.1 Å². The third-order valence-electron chi connectivity index (χ3n) is 9.04. The van der Waals surface area contributed by atoms with Gasteiger partial charge in [-0.25, -0.2) is 0 Å². The molecule has 5 aromatic carbocycles. The number of benzene rings is 5. The van der Waals surface area contributed by atoms with Gasteiger partial charge in [-0.15, -0.1) is 0 Å². The first kappa shape index (κ1) is 41.1. The first-order valence-electron chi connectivity index (χ1n) is 16.9. The number of carboxylic acids is 2. The van der Waals surface area contributed by atoms with Gasteiger partial charge in [0.15, 0.2) is 0 Å². The van der Waals surface area contributed by atoms with Crippen LogP contribution in [0.3, 0.4) is 0 Å². The normalized spacial score (nSPS) is 14.1. The first-order valence-corrected chi connectivity index (χ1v) is 16.9. The van der Waals surface area contributed by atoms with Gasteiger partial charge in [-0.3, -0.25) is 9.59 Å². The highest BCUT2D eigenvalue weighted by molar-refractivity contribution is 6.27. The number of carbonyl (C=O) groups excluding carboxylic acids is 4. The van der Waals surface area contributed by atoms with Crippen LogP contribution in [0, 0.1) is 13.8 Å². The number of hydrogen-bond acceptors (Lipinski definition) is 9. The summed E-state index contributed by atoms with van der Waals surface area (Å²) in [5, 5.41) is 50.3. The summed E-state index contributed by atoms with van der Waals surface area (Å²) >= 11 is 0. The number of fused-ring (bicyclic) bond motifs is 1. The van der Waals surface area contributed by atoms with Crippen molar-refractivity contribution in [2.24, 2.45) is 0 Å². The molecule has 0 bridgehead atoms. The number of hydrogen-bond donors (Lipinski definition) is 3. The van der Waals surface area contributed by atoms with E-state index in [4.69, 9.17) is 0 Å². The minimum Gasteiger partial charge on any atom is -0.546 e. The zero-order chi connectivity index (χ0) is 39.8. The van der Waals surface area contributed by atoms with Crippen molar-refractivity contribution in [2.75, 3.05) is 6.54 Å². The predicted molar refractivity (Wildman–Crippen MR) is 191 cm³/mol. The van der Waals surface area contributed by atoms with Crippen molar-refractivity contribution in [2.45, 2.75) is 57.0 Å². The fraction of sp³-hybridized carbons (Fsp3) is 0.238. The lowest BCUT2D eigenvalue weighted by Crippen LogP contribution is -2.76. The maximum absolute atomic E-state index is 12.8. The van der Waals surface area contributed by atoms with E-state index in [0.717, 1.165) is 48.9 Å². The summed E-state index contributed by atoms with van der Waals surface area (Å²) in [6, 6.07) is 30.3. The van der Waals surface area contributed by atoms with Crippen molar-refractivity contribution in [3.05, 3.63) is 154 Å². The van der Waals surface area contributed by atoms with Gasteiger partial charge in [0.25, 0.3) is 0 Å². The van der Waals surface area contributed by atoms with Crippen LogP contribution in [0.2, 0.25) is 0 Å². The molecule has 0 spiro atoms. The summed E-state index contributed by atoms with van der Waals surface area (Å²) in [6.45, 7) is 6.20. The number of carboxylic acid groups (broad SMARTS) is 2. The second-order valence-corrected chi connectivity index (χ2v) is 12.9. The van der Waals surface area contributed by atoms with Crippen LogP contribution in [0.15, 0.2) is 115 Å². The number of ketones is 2. The van der Waals surface area contributed by atoms with E-state index in [1.54, 1.807) is 19.9 Å². The molecule has 0 saturated carbocycles. The van der Waals surface area contributed by atoms with Gasteiger partial charge in [0.05, 0.1) is 17.5 Å². The highest BCUT2D eigenvalue weighted by Gasteiger charge is 2.62. The van der Waals surface area contributed by atoms with Gasteiger partial charge < -0.3 is 35.3 Å². The van der Waals surface area contributed by atoms with Gasteiger partial charge in [0.1, 0.15) is 0 Å². The average Bonchev–Trinajstić information content (AvgIpc) is 3.15. The largest absolute Gasteiger partial charge is 0.546 e. The number of rotatable bonds is 13. The molecule has 54 heavy (non-hydrogen) atoms. The lowest BCUT2D eigenvalue weighted by Gasteiger charge is -2.42. The number of nitrogens with one attached hydrogen (secondary N) is 1. The molecule has 3 N–H and O–H groups in total. The van der Waals surface area contributed by atoms with Gasteiger partial charge in [-0.2, -0.15) is 13.2 Å². The van der Waals surface area contributed by atoms with Crippen LogP contribution in [-0.4, -0.2) is 51.5 Å². The van der Waals surface area contributed by atoms with Gasteiger partial charge >= 0.3 is 6.18 Å². The van der Waals surface area contributed by atoms with Gasteiger partial charge in [-0.05, 0) is 68.1 Å². The zero-order valence-electron chi connectivity index (χ0n) is 29.6. The molecule has 12 heteroatoms. The lowest BCUT2D eigenvalue weighted by atomic mass is 9.73. The smallest absolute Gasteiger partial charge is 0.416 e. The van der Waals surface area contributed by atoms with E-state index in [9.17, 15) is 52.8 Å². The summed E-state index contributed by atoms with van der Waals surface area (Å²) in [5.41, 5.74) is -6.43. The van der Waals surface area contributed by atoms with Crippen LogP contribution >= 0.6 is 0 Å². The van der Waals surface area contributed by atoms with E-state index in [-0.39, 0.29) is 6.04 Å². The van der Waals surface area contributed by atoms with Crippen LogP contribution in [-0.2, 0) is 22.2 Å². The molecule has 5 aromatic rings. The summed E-state index contributed by atoms with van der Waals surface area (Å²) < 4.78 is 38.3. The van der Waals surface area contributed by atoms with Gasteiger partial charge in [0, 0.05) is 17.2 Å². The third kappa shape index (κ3) is 8.91. The molecule has 5 rings (SSSR count). The topological polar surface area (TPSA) is 167 Å². The van der Waals surface area contributed by atoms with Crippen molar-refractivity contribution in [1.29, 1.82) is 0 Å². The lowest BCUT2D eigenvalue weighted by molar-refractivity contribution is -0.346. The number of aliphatic hydroxyl groups is 2. The highest BCUT2D eigenvalue weighted by atomic mass is 19.4. The van der Waals surface area contributed by atoms with Crippen molar-refractivity contribution in [1.82, 2.24) is 5.32 Å². The Hall–Kier alpha value is -5.69. The minimum absolute atomic E-state index is 0.183. The standard InChI is InChI=1S/C22H22F3N.C20H18O8/c1-16(20-13-5-10-18-9-2-3-12-21(18)20)26-14-6-8-17-7-4-11-19(15-17)22(23,24)25;1-11-3-7-13(8-4-11)15(21)19(27,17(23)24)20(28,18(25)26)16(22)14-9-5-12(2)6-10-14/h2-5,7,9-13,15-16,26H,6,8,14H2,1H3;3-10,27-28H,1-2H3,(H,23,24)(H,25,26)/p-2/t16-;19-,20-/m10/s1. The molecule has 0 unspecified atom stereocenters. The van der Waals surface area contributed by atoms with Gasteiger partial charge in [-0.1, -0.05) is 120 Å². The molecule has 0 radical (unpaired) electrons. The molecular weight excluding hydrogens is 703 g/mol. The predicted octanol–water partition coefficient (Wildman–Crippen LogP) is 4.47. The molecule has 0 saturated heterocycles. The number of Topliss-reactive ketones (excluding diaryl/α,β-unsaturated/α-hetero) is 2. The number of carbonyl (C=O) groups is 4. The number of alkyl halides is 3. The van der Waals surface area contributed by atoms with Crippen LogP contribution < -0.4 is 15.5 Å².